The van der Waals surface area contributed by atoms with Crippen molar-refractivity contribution < 1.29 is 9.32 Å². The minimum Gasteiger partial charge on any atom is -0.356 e. The fraction of sp³-hybridized carbons (Fsp3) is 0.222. The average molecular weight is 334 g/mol. The van der Waals surface area contributed by atoms with Crippen LogP contribution in [0.5, 0.6) is 0 Å². The molecule has 3 heterocycles. The van der Waals surface area contributed by atoms with E-state index >= 15 is 0 Å². The number of aromatic nitrogens is 2. The van der Waals surface area contributed by atoms with Gasteiger partial charge in [0.25, 0.3) is 5.56 Å². The molecule has 7 heteroatoms. The van der Waals surface area contributed by atoms with Gasteiger partial charge in [-0.1, -0.05) is 17.3 Å². The summed E-state index contributed by atoms with van der Waals surface area (Å²) in [7, 11) is 0. The van der Waals surface area contributed by atoms with Crippen LogP contribution in [0.3, 0.4) is 0 Å². The van der Waals surface area contributed by atoms with E-state index in [4.69, 9.17) is 9.78 Å². The van der Waals surface area contributed by atoms with Crippen LogP contribution in [0.2, 0.25) is 0 Å². The first-order chi connectivity index (χ1) is 12.2. The number of hydrogen-bond donors (Lipinski definition) is 1. The second kappa shape index (κ2) is 5.91. The van der Waals surface area contributed by atoms with Gasteiger partial charge in [0.2, 0.25) is 5.91 Å². The van der Waals surface area contributed by atoms with Crippen LogP contribution in [-0.4, -0.2) is 27.5 Å². The van der Waals surface area contributed by atoms with Crippen molar-refractivity contribution in [2.24, 2.45) is 0 Å². The molecule has 0 fully saturated rings. The Morgan fingerprint density at radius 3 is 3.08 bits per heavy atom. The lowest BCUT2D eigenvalue weighted by Crippen LogP contribution is -2.38. The molecule has 3 aromatic rings. The predicted octanol–water partition coefficient (Wildman–Crippen LogP) is 1.52. The Labute approximate surface area is 142 Å². The first-order valence-corrected chi connectivity index (χ1v) is 7.92. The summed E-state index contributed by atoms with van der Waals surface area (Å²) in [6.07, 6.45) is 0.711. The number of nitrogens with zero attached hydrogens (tertiary/aromatic N) is 3. The Morgan fingerprint density at radius 1 is 1.40 bits per heavy atom. The molecule has 0 saturated carbocycles. The second-order valence-electron chi connectivity index (χ2n) is 6.00. The third-order valence-corrected chi connectivity index (χ3v) is 4.45. The molecule has 2 aromatic heterocycles. The van der Waals surface area contributed by atoms with Gasteiger partial charge in [0.1, 0.15) is 17.3 Å². The topological polar surface area (TPSA) is 103 Å². The van der Waals surface area contributed by atoms with Crippen LogP contribution in [0, 0.1) is 11.3 Å². The maximum atomic E-state index is 12.6. The summed E-state index contributed by atoms with van der Waals surface area (Å²) in [5, 5.41) is 13.8. The van der Waals surface area contributed by atoms with Crippen LogP contribution in [-0.2, 0) is 24.2 Å². The van der Waals surface area contributed by atoms with Crippen LogP contribution in [0.15, 0.2) is 39.6 Å². The number of nitriles is 1. The molecule has 0 saturated heterocycles. The molecule has 0 unspecified atom stereocenters. The van der Waals surface area contributed by atoms with Gasteiger partial charge in [-0.05, 0) is 23.8 Å². The van der Waals surface area contributed by atoms with Gasteiger partial charge in [-0.15, -0.1) is 0 Å². The number of hydrogen-bond acceptors (Lipinski definition) is 5. The normalized spacial score (nSPS) is 13.5. The Bertz CT molecular complexity index is 1070. The summed E-state index contributed by atoms with van der Waals surface area (Å²) < 4.78 is 5.24. The molecule has 1 amide bonds. The third-order valence-electron chi connectivity index (χ3n) is 4.45. The van der Waals surface area contributed by atoms with E-state index in [1.807, 2.05) is 30.3 Å². The smallest absolute Gasteiger partial charge is 0.266 e. The molecule has 25 heavy (non-hydrogen) atoms. The maximum absolute atomic E-state index is 12.6. The molecule has 7 nitrogen and oxygen atoms in total. The van der Waals surface area contributed by atoms with Crippen molar-refractivity contribution in [3.8, 4) is 6.07 Å². The Morgan fingerprint density at radius 2 is 2.24 bits per heavy atom. The third kappa shape index (κ3) is 2.68. The number of pyridine rings is 1. The van der Waals surface area contributed by atoms with Crippen molar-refractivity contribution in [2.75, 3.05) is 6.54 Å². The van der Waals surface area contributed by atoms with Gasteiger partial charge in [0.15, 0.2) is 5.58 Å². The summed E-state index contributed by atoms with van der Waals surface area (Å²) >= 11 is 0. The summed E-state index contributed by atoms with van der Waals surface area (Å²) in [6, 6.07) is 10.9. The largest absolute Gasteiger partial charge is 0.356 e. The van der Waals surface area contributed by atoms with Crippen LogP contribution in [0.1, 0.15) is 22.5 Å². The lowest BCUT2D eigenvalue weighted by Gasteiger charge is -2.28. The van der Waals surface area contributed by atoms with Crippen molar-refractivity contribution in [1.82, 2.24) is 15.0 Å². The fourth-order valence-corrected chi connectivity index (χ4v) is 3.12. The van der Waals surface area contributed by atoms with Crippen LogP contribution < -0.4 is 5.56 Å². The SMILES string of the molecule is N#Cc1cc2c([nH]c1=O)CCN(C(=O)Cc1noc3ccccc13)C2. The fourth-order valence-electron chi connectivity index (χ4n) is 3.12. The number of aromatic amines is 1. The van der Waals surface area contributed by atoms with Gasteiger partial charge >= 0.3 is 0 Å². The highest BCUT2D eigenvalue weighted by Crippen LogP contribution is 2.21. The number of para-hydroxylation sites is 1. The quantitative estimate of drug-likeness (QED) is 0.765. The number of amides is 1. The second-order valence-corrected chi connectivity index (χ2v) is 6.00. The van der Waals surface area contributed by atoms with Gasteiger partial charge in [-0.2, -0.15) is 5.26 Å². The molecule has 0 aliphatic carbocycles. The zero-order valence-corrected chi connectivity index (χ0v) is 13.3. The van der Waals surface area contributed by atoms with Crippen molar-refractivity contribution in [1.29, 1.82) is 5.26 Å². The number of carbonyl (C=O) groups is 1. The molecule has 0 spiro atoms. The summed E-state index contributed by atoms with van der Waals surface area (Å²) in [4.78, 5) is 28.8. The van der Waals surface area contributed by atoms with Gasteiger partial charge in [-0.25, -0.2) is 0 Å². The minimum atomic E-state index is -0.380. The summed E-state index contributed by atoms with van der Waals surface area (Å²) in [6.45, 7) is 0.888. The molecular formula is C18H14N4O3. The number of carbonyl (C=O) groups excluding carboxylic acids is 1. The number of rotatable bonds is 2. The lowest BCUT2D eigenvalue weighted by molar-refractivity contribution is -0.131. The number of nitrogens with one attached hydrogen (secondary N) is 1. The first kappa shape index (κ1) is 15.1. The molecule has 1 aliphatic rings. The van der Waals surface area contributed by atoms with Gasteiger partial charge in [-0.3, -0.25) is 9.59 Å². The van der Waals surface area contributed by atoms with E-state index in [1.54, 1.807) is 11.0 Å². The van der Waals surface area contributed by atoms with E-state index < -0.39 is 0 Å². The number of H-pyrrole nitrogens is 1. The van der Waals surface area contributed by atoms with Crippen molar-refractivity contribution in [3.05, 3.63) is 63.2 Å². The molecule has 0 atom stereocenters. The molecule has 0 bridgehead atoms. The monoisotopic (exact) mass is 334 g/mol. The van der Waals surface area contributed by atoms with E-state index in [-0.39, 0.29) is 23.5 Å². The molecule has 1 N–H and O–H groups in total. The predicted molar refractivity (Wildman–Crippen MR) is 88.6 cm³/mol. The zero-order chi connectivity index (χ0) is 17.4. The zero-order valence-electron chi connectivity index (χ0n) is 13.3. The van der Waals surface area contributed by atoms with Gasteiger partial charge in [0, 0.05) is 30.6 Å². The molecular weight excluding hydrogens is 320 g/mol. The molecule has 1 aliphatic heterocycles. The number of benzene rings is 1. The van der Waals surface area contributed by atoms with Crippen LogP contribution in [0.4, 0.5) is 0 Å². The van der Waals surface area contributed by atoms with Gasteiger partial charge < -0.3 is 14.4 Å². The van der Waals surface area contributed by atoms with Crippen molar-refractivity contribution in [2.45, 2.75) is 19.4 Å². The van der Waals surface area contributed by atoms with E-state index in [0.29, 0.717) is 30.8 Å². The van der Waals surface area contributed by atoms with E-state index in [0.717, 1.165) is 16.6 Å². The Kier molecular flexibility index (Phi) is 3.58. The van der Waals surface area contributed by atoms with E-state index in [1.165, 1.54) is 0 Å². The maximum Gasteiger partial charge on any atom is 0.266 e. The highest BCUT2D eigenvalue weighted by atomic mass is 16.5. The molecule has 1 aromatic carbocycles. The molecule has 0 radical (unpaired) electrons. The van der Waals surface area contributed by atoms with Gasteiger partial charge in [0.05, 0.1) is 6.42 Å². The van der Waals surface area contributed by atoms with Crippen LogP contribution in [0.25, 0.3) is 11.0 Å². The molecule has 124 valence electrons. The molecule has 4 rings (SSSR count). The van der Waals surface area contributed by atoms with Crippen LogP contribution >= 0.6 is 0 Å². The van der Waals surface area contributed by atoms with E-state index in [2.05, 4.69) is 10.1 Å². The summed E-state index contributed by atoms with van der Waals surface area (Å²) in [5.41, 5.74) is 2.56. The van der Waals surface area contributed by atoms with Crippen molar-refractivity contribution >= 4 is 16.9 Å². The highest BCUT2D eigenvalue weighted by molar-refractivity contribution is 5.86. The lowest BCUT2D eigenvalue weighted by atomic mass is 10.0. The first-order valence-electron chi connectivity index (χ1n) is 7.92. The average Bonchev–Trinajstić information content (AvgIpc) is 3.04. The Balaban J connectivity index is 1.56. The van der Waals surface area contributed by atoms with Crippen molar-refractivity contribution in [3.63, 3.8) is 0 Å². The standard InChI is InChI=1S/C18H14N4O3/c19-9-11-7-12-10-22(6-5-14(12)20-18(11)24)17(23)8-15-13-3-1-2-4-16(13)25-21-15/h1-4,7H,5-6,8,10H2,(H,20,24). The highest BCUT2D eigenvalue weighted by Gasteiger charge is 2.24. The number of fused-ring (bicyclic) bond motifs is 2. The minimum absolute atomic E-state index is 0.0607. The van der Waals surface area contributed by atoms with E-state index in [9.17, 15) is 9.59 Å². The summed E-state index contributed by atoms with van der Waals surface area (Å²) in [5.74, 6) is -0.0607. The Hall–Kier alpha value is -3.40.